The summed E-state index contributed by atoms with van der Waals surface area (Å²) in [6, 6.07) is 21.3. The Morgan fingerprint density at radius 1 is 0.974 bits per heavy atom. The molecule has 1 N–H and O–H groups in total. The van der Waals surface area contributed by atoms with E-state index in [4.69, 9.17) is 14.2 Å². The van der Waals surface area contributed by atoms with Gasteiger partial charge in [0.2, 0.25) is 0 Å². The van der Waals surface area contributed by atoms with E-state index in [0.29, 0.717) is 61.3 Å². The molecule has 8 heteroatoms. The highest BCUT2D eigenvalue weighted by atomic mass is 16.6. The van der Waals surface area contributed by atoms with Gasteiger partial charge < -0.3 is 29.1 Å². The van der Waals surface area contributed by atoms with Gasteiger partial charge in [0.15, 0.2) is 11.5 Å². The molecule has 0 aliphatic carbocycles. The Labute approximate surface area is 221 Å². The van der Waals surface area contributed by atoms with Crippen molar-refractivity contribution in [3.05, 3.63) is 95.1 Å². The fourth-order valence-corrected chi connectivity index (χ4v) is 4.63. The molecule has 1 atom stereocenters. The van der Waals surface area contributed by atoms with E-state index in [9.17, 15) is 14.7 Å². The summed E-state index contributed by atoms with van der Waals surface area (Å²) in [6.45, 7) is 2.08. The largest absolute Gasteiger partial charge is 0.507 e. The number of hydrogen-bond acceptors (Lipinski definition) is 7. The first kappa shape index (κ1) is 25.4. The molecule has 8 nitrogen and oxygen atoms in total. The monoisotopic (exact) mass is 514 g/mol. The summed E-state index contributed by atoms with van der Waals surface area (Å²) in [6.07, 6.45) is 0. The molecule has 1 unspecified atom stereocenters. The lowest BCUT2D eigenvalue weighted by Crippen LogP contribution is -2.35. The zero-order chi connectivity index (χ0) is 26.6. The Balaban J connectivity index is 1.53. The van der Waals surface area contributed by atoms with E-state index in [2.05, 4.69) is 0 Å². The van der Waals surface area contributed by atoms with Gasteiger partial charge in [-0.25, -0.2) is 0 Å². The molecule has 38 heavy (non-hydrogen) atoms. The lowest BCUT2D eigenvalue weighted by molar-refractivity contribution is -0.140. The van der Waals surface area contributed by atoms with Crippen molar-refractivity contribution in [3.8, 4) is 17.2 Å². The molecule has 0 radical (unpaired) electrons. The van der Waals surface area contributed by atoms with Crippen LogP contribution in [0.2, 0.25) is 0 Å². The third-order valence-corrected chi connectivity index (χ3v) is 6.57. The zero-order valence-corrected chi connectivity index (χ0v) is 21.4. The number of ketones is 1. The van der Waals surface area contributed by atoms with E-state index >= 15 is 0 Å². The van der Waals surface area contributed by atoms with E-state index in [1.54, 1.807) is 18.2 Å². The molecule has 5 rings (SSSR count). The van der Waals surface area contributed by atoms with Crippen molar-refractivity contribution in [1.29, 1.82) is 0 Å². The molecule has 0 aromatic heterocycles. The number of rotatable bonds is 8. The Morgan fingerprint density at radius 3 is 2.50 bits per heavy atom. The van der Waals surface area contributed by atoms with E-state index in [1.165, 1.54) is 4.90 Å². The number of carbonyl (C=O) groups is 2. The first-order valence-corrected chi connectivity index (χ1v) is 12.5. The maximum atomic E-state index is 13.3. The van der Waals surface area contributed by atoms with Gasteiger partial charge in [0.05, 0.1) is 11.6 Å². The van der Waals surface area contributed by atoms with Gasteiger partial charge in [-0.15, -0.1) is 0 Å². The number of aliphatic hydroxyl groups excluding tert-OH is 1. The molecule has 1 amide bonds. The first-order valence-electron chi connectivity index (χ1n) is 12.5. The number of likely N-dealkylation sites (N-methyl/N-ethyl adjacent to an activating group) is 1. The molecule has 0 spiro atoms. The van der Waals surface area contributed by atoms with Crippen LogP contribution < -0.4 is 14.2 Å². The normalized spacial score (nSPS) is 18.2. The molecule has 1 fully saturated rings. The Morgan fingerprint density at radius 2 is 1.74 bits per heavy atom. The zero-order valence-electron chi connectivity index (χ0n) is 21.4. The Bertz CT molecular complexity index is 1370. The summed E-state index contributed by atoms with van der Waals surface area (Å²) in [5.41, 5.74) is 2.10. The molecule has 2 aliphatic heterocycles. The smallest absolute Gasteiger partial charge is 0.295 e. The van der Waals surface area contributed by atoms with Crippen molar-refractivity contribution in [1.82, 2.24) is 9.80 Å². The second-order valence-corrected chi connectivity index (χ2v) is 9.50. The molecule has 196 valence electrons. The minimum atomic E-state index is -0.775. The quantitative estimate of drug-likeness (QED) is 0.276. The highest BCUT2D eigenvalue weighted by Crippen LogP contribution is 2.41. The number of nitrogens with zero attached hydrogens (tertiary/aromatic N) is 2. The summed E-state index contributed by atoms with van der Waals surface area (Å²) in [7, 11) is 3.80. The SMILES string of the molecule is CN(C)CCN1C(=O)C(=O)/C(=C(/O)c2ccc3c(c2)OCCO3)C1c1cccc(OCc2ccccc2)c1. The molecule has 0 bridgehead atoms. The van der Waals surface area contributed by atoms with Gasteiger partial charge >= 0.3 is 0 Å². The Hall–Kier alpha value is -4.30. The molecule has 0 saturated carbocycles. The van der Waals surface area contributed by atoms with Crippen LogP contribution >= 0.6 is 0 Å². The van der Waals surface area contributed by atoms with Gasteiger partial charge in [-0.1, -0.05) is 42.5 Å². The minimum Gasteiger partial charge on any atom is -0.507 e. The topological polar surface area (TPSA) is 88.5 Å². The van der Waals surface area contributed by atoms with Crippen LogP contribution in [0.5, 0.6) is 17.2 Å². The first-order chi connectivity index (χ1) is 18.4. The molecule has 2 heterocycles. The average Bonchev–Trinajstić information content (AvgIpc) is 3.20. The number of amides is 1. The summed E-state index contributed by atoms with van der Waals surface area (Å²) in [5, 5.41) is 11.4. The van der Waals surface area contributed by atoms with Gasteiger partial charge in [-0.05, 0) is 55.6 Å². The lowest BCUT2D eigenvalue weighted by Gasteiger charge is -2.27. The lowest BCUT2D eigenvalue weighted by atomic mass is 9.95. The van der Waals surface area contributed by atoms with E-state index in [-0.39, 0.29) is 11.3 Å². The maximum Gasteiger partial charge on any atom is 0.295 e. The van der Waals surface area contributed by atoms with Gasteiger partial charge in [-0.3, -0.25) is 9.59 Å². The highest BCUT2D eigenvalue weighted by Gasteiger charge is 2.46. The fraction of sp³-hybridized carbons (Fsp3) is 0.267. The van der Waals surface area contributed by atoms with Crippen LogP contribution in [-0.4, -0.2) is 67.0 Å². The predicted molar refractivity (Wildman–Crippen MR) is 142 cm³/mol. The van der Waals surface area contributed by atoms with Crippen molar-refractivity contribution in [2.45, 2.75) is 12.6 Å². The molecule has 3 aromatic carbocycles. The number of ether oxygens (including phenoxy) is 3. The van der Waals surface area contributed by atoms with Crippen molar-refractivity contribution in [3.63, 3.8) is 0 Å². The van der Waals surface area contributed by atoms with Crippen LogP contribution in [-0.2, 0) is 16.2 Å². The predicted octanol–water partition coefficient (Wildman–Crippen LogP) is 4.02. The van der Waals surface area contributed by atoms with Gasteiger partial charge in [0.25, 0.3) is 11.7 Å². The number of Topliss-reactive ketones (excluding diaryl/α,β-unsaturated/α-hetero) is 1. The number of aliphatic hydroxyl groups is 1. The third kappa shape index (κ3) is 5.21. The van der Waals surface area contributed by atoms with Crippen LogP contribution in [0.4, 0.5) is 0 Å². The van der Waals surface area contributed by atoms with Crippen LogP contribution in [0, 0.1) is 0 Å². The maximum absolute atomic E-state index is 13.3. The highest BCUT2D eigenvalue weighted by molar-refractivity contribution is 6.46. The van der Waals surface area contributed by atoms with E-state index in [0.717, 1.165) is 5.56 Å². The van der Waals surface area contributed by atoms with Gasteiger partial charge in [0, 0.05) is 18.7 Å². The second kappa shape index (κ2) is 11.0. The molecular weight excluding hydrogens is 484 g/mol. The van der Waals surface area contributed by atoms with Crippen LogP contribution in [0.15, 0.2) is 78.4 Å². The summed E-state index contributed by atoms with van der Waals surface area (Å²) in [4.78, 5) is 30.0. The number of hydrogen-bond donors (Lipinski definition) is 1. The summed E-state index contributed by atoms with van der Waals surface area (Å²) in [5.74, 6) is 0.0227. The number of benzene rings is 3. The molecule has 2 aliphatic rings. The van der Waals surface area contributed by atoms with Crippen molar-refractivity contribution >= 4 is 17.4 Å². The van der Waals surface area contributed by atoms with E-state index < -0.39 is 17.7 Å². The standard InChI is InChI=1S/C30H30N2O6/c1-31(2)13-14-32-27(21-9-6-10-23(17-21)38-19-20-7-4-3-5-8-20)26(29(34)30(32)35)28(33)22-11-12-24-25(18-22)37-16-15-36-24/h3-12,17-18,27,33H,13-16,19H2,1-2H3/b28-26+. The van der Waals surface area contributed by atoms with Gasteiger partial charge in [-0.2, -0.15) is 0 Å². The molecule has 3 aromatic rings. The van der Waals surface area contributed by atoms with Crippen LogP contribution in [0.3, 0.4) is 0 Å². The van der Waals surface area contributed by atoms with E-state index in [1.807, 2.05) is 73.6 Å². The van der Waals surface area contributed by atoms with Crippen molar-refractivity contribution in [2.75, 3.05) is 40.4 Å². The molecular formula is C30H30N2O6. The summed E-state index contributed by atoms with van der Waals surface area (Å²) >= 11 is 0. The Kier molecular flexibility index (Phi) is 7.33. The third-order valence-electron chi connectivity index (χ3n) is 6.57. The summed E-state index contributed by atoms with van der Waals surface area (Å²) < 4.78 is 17.3. The van der Waals surface area contributed by atoms with Crippen LogP contribution in [0.25, 0.3) is 5.76 Å². The average molecular weight is 515 g/mol. The number of carbonyl (C=O) groups excluding carboxylic acids is 2. The number of likely N-dealkylation sites (tertiary alicyclic amines) is 1. The van der Waals surface area contributed by atoms with Crippen LogP contribution in [0.1, 0.15) is 22.7 Å². The van der Waals surface area contributed by atoms with Gasteiger partial charge in [0.1, 0.15) is 31.3 Å². The minimum absolute atomic E-state index is 0.0330. The molecule has 1 saturated heterocycles. The van der Waals surface area contributed by atoms with Crippen molar-refractivity contribution in [2.24, 2.45) is 0 Å². The second-order valence-electron chi connectivity index (χ2n) is 9.50. The fourth-order valence-electron chi connectivity index (χ4n) is 4.63. The van der Waals surface area contributed by atoms with Crippen molar-refractivity contribution < 1.29 is 28.9 Å². The number of fused-ring (bicyclic) bond motifs is 1.